The van der Waals surface area contributed by atoms with Crippen molar-refractivity contribution >= 4 is 0 Å². The van der Waals surface area contributed by atoms with Crippen LogP contribution in [-0.2, 0) is 16.0 Å². The molecule has 1 aromatic rings. The predicted octanol–water partition coefficient (Wildman–Crippen LogP) is 2.32. The van der Waals surface area contributed by atoms with Crippen LogP contribution in [0.5, 0.6) is 5.75 Å². The molecule has 0 bridgehead atoms. The Bertz CT molecular complexity index is 416. The molecular formula is C16H28N2O3. The maximum absolute atomic E-state index is 5.77. The van der Waals surface area contributed by atoms with Crippen molar-refractivity contribution in [2.45, 2.75) is 39.8 Å². The van der Waals surface area contributed by atoms with E-state index in [4.69, 9.17) is 14.2 Å². The molecule has 0 atom stereocenters. The number of ether oxygens (including phenoxy) is 3. The highest BCUT2D eigenvalue weighted by molar-refractivity contribution is 5.29. The lowest BCUT2D eigenvalue weighted by molar-refractivity contribution is 0.0541. The molecule has 0 aromatic carbocycles. The van der Waals surface area contributed by atoms with E-state index in [1.165, 1.54) is 0 Å². The van der Waals surface area contributed by atoms with Crippen LogP contribution in [-0.4, -0.2) is 44.1 Å². The highest BCUT2D eigenvalue weighted by atomic mass is 16.5. The fourth-order valence-corrected chi connectivity index (χ4v) is 1.66. The largest absolute Gasteiger partial charge is 0.489 e. The minimum atomic E-state index is 0.0476. The number of nitrogens with one attached hydrogen (secondary N) is 1. The molecular weight excluding hydrogens is 268 g/mol. The fraction of sp³-hybridized carbons (Fsp3) is 0.688. The molecule has 0 saturated carbocycles. The van der Waals surface area contributed by atoms with Crippen LogP contribution < -0.4 is 10.1 Å². The number of rotatable bonds is 9. The molecule has 1 aromatic heterocycles. The molecule has 21 heavy (non-hydrogen) atoms. The van der Waals surface area contributed by atoms with Crippen molar-refractivity contribution in [2.24, 2.45) is 0 Å². The van der Waals surface area contributed by atoms with E-state index in [0.717, 1.165) is 17.1 Å². The zero-order valence-corrected chi connectivity index (χ0v) is 13.9. The molecule has 0 amide bonds. The van der Waals surface area contributed by atoms with Gasteiger partial charge < -0.3 is 19.5 Å². The maximum Gasteiger partial charge on any atom is 0.142 e. The Balaban J connectivity index is 2.48. The van der Waals surface area contributed by atoms with Crippen LogP contribution in [0, 0.1) is 6.92 Å². The zero-order chi connectivity index (χ0) is 15.7. The summed E-state index contributed by atoms with van der Waals surface area (Å²) in [5, 5.41) is 3.43. The summed E-state index contributed by atoms with van der Waals surface area (Å²) in [6, 6.07) is 3.93. The lowest BCUT2D eigenvalue weighted by Gasteiger charge is -2.21. The van der Waals surface area contributed by atoms with Crippen LogP contribution in [0.2, 0.25) is 0 Å². The SMILES string of the molecule is COCCOCCOc1ccc(C)nc1CNC(C)(C)C. The summed E-state index contributed by atoms with van der Waals surface area (Å²) in [7, 11) is 1.66. The third kappa shape index (κ3) is 7.99. The van der Waals surface area contributed by atoms with Gasteiger partial charge in [0, 0.05) is 24.9 Å². The summed E-state index contributed by atoms with van der Waals surface area (Å²) in [4.78, 5) is 4.56. The van der Waals surface area contributed by atoms with Gasteiger partial charge in [-0.15, -0.1) is 0 Å². The van der Waals surface area contributed by atoms with Crippen molar-refractivity contribution in [1.82, 2.24) is 10.3 Å². The second-order valence-corrected chi connectivity index (χ2v) is 5.95. The molecule has 1 rings (SSSR count). The Morgan fingerprint density at radius 1 is 1.10 bits per heavy atom. The van der Waals surface area contributed by atoms with Gasteiger partial charge in [0.1, 0.15) is 12.4 Å². The van der Waals surface area contributed by atoms with Gasteiger partial charge in [-0.25, -0.2) is 0 Å². The van der Waals surface area contributed by atoms with E-state index in [2.05, 4.69) is 31.1 Å². The smallest absolute Gasteiger partial charge is 0.142 e. The molecule has 0 radical (unpaired) electrons. The standard InChI is InChI=1S/C16H28N2O3/c1-13-6-7-15(21-11-10-20-9-8-19-5)14(18-13)12-17-16(2,3)4/h6-7,17H,8-12H2,1-5H3. The monoisotopic (exact) mass is 296 g/mol. The van der Waals surface area contributed by atoms with Gasteiger partial charge in [0.25, 0.3) is 0 Å². The van der Waals surface area contributed by atoms with Gasteiger partial charge in [-0.2, -0.15) is 0 Å². The van der Waals surface area contributed by atoms with E-state index in [1.807, 2.05) is 19.1 Å². The van der Waals surface area contributed by atoms with E-state index in [9.17, 15) is 0 Å². The maximum atomic E-state index is 5.77. The molecule has 0 fully saturated rings. The Kier molecular flexibility index (Phi) is 7.64. The normalized spacial score (nSPS) is 11.7. The van der Waals surface area contributed by atoms with Gasteiger partial charge in [0.05, 0.1) is 25.5 Å². The van der Waals surface area contributed by atoms with Gasteiger partial charge in [-0.3, -0.25) is 4.98 Å². The first-order valence-electron chi connectivity index (χ1n) is 7.33. The van der Waals surface area contributed by atoms with Crippen LogP contribution >= 0.6 is 0 Å². The van der Waals surface area contributed by atoms with E-state index in [-0.39, 0.29) is 5.54 Å². The number of aryl methyl sites for hydroxylation is 1. The lowest BCUT2D eigenvalue weighted by Crippen LogP contribution is -2.35. The van der Waals surface area contributed by atoms with Crippen molar-refractivity contribution in [3.05, 3.63) is 23.5 Å². The second-order valence-electron chi connectivity index (χ2n) is 5.95. The minimum absolute atomic E-state index is 0.0476. The van der Waals surface area contributed by atoms with E-state index in [0.29, 0.717) is 33.0 Å². The number of pyridine rings is 1. The van der Waals surface area contributed by atoms with Gasteiger partial charge in [0.2, 0.25) is 0 Å². The van der Waals surface area contributed by atoms with Crippen molar-refractivity contribution in [2.75, 3.05) is 33.5 Å². The van der Waals surface area contributed by atoms with Crippen molar-refractivity contribution in [1.29, 1.82) is 0 Å². The van der Waals surface area contributed by atoms with Crippen LogP contribution in [0.3, 0.4) is 0 Å². The van der Waals surface area contributed by atoms with E-state index >= 15 is 0 Å². The van der Waals surface area contributed by atoms with Crippen LogP contribution in [0.1, 0.15) is 32.2 Å². The average Bonchev–Trinajstić information content (AvgIpc) is 2.41. The quantitative estimate of drug-likeness (QED) is 0.709. The summed E-state index contributed by atoms with van der Waals surface area (Å²) >= 11 is 0. The van der Waals surface area contributed by atoms with Crippen LogP contribution in [0.15, 0.2) is 12.1 Å². The number of aromatic nitrogens is 1. The zero-order valence-electron chi connectivity index (χ0n) is 13.9. The van der Waals surface area contributed by atoms with E-state index < -0.39 is 0 Å². The molecule has 0 unspecified atom stereocenters. The summed E-state index contributed by atoms with van der Waals surface area (Å²) < 4.78 is 16.1. The Hall–Kier alpha value is -1.17. The summed E-state index contributed by atoms with van der Waals surface area (Å²) in [6.45, 7) is 11.3. The number of nitrogens with zero attached hydrogens (tertiary/aromatic N) is 1. The molecule has 120 valence electrons. The van der Waals surface area contributed by atoms with Crippen LogP contribution in [0.25, 0.3) is 0 Å². The first-order chi connectivity index (χ1) is 9.92. The highest BCUT2D eigenvalue weighted by Crippen LogP contribution is 2.17. The number of hydrogen-bond donors (Lipinski definition) is 1. The first-order valence-corrected chi connectivity index (χ1v) is 7.33. The number of methoxy groups -OCH3 is 1. The predicted molar refractivity (Wildman–Crippen MR) is 83.8 cm³/mol. The molecule has 0 spiro atoms. The Morgan fingerprint density at radius 2 is 1.81 bits per heavy atom. The fourth-order valence-electron chi connectivity index (χ4n) is 1.66. The third-order valence-electron chi connectivity index (χ3n) is 2.77. The molecule has 0 aliphatic heterocycles. The first kappa shape index (κ1) is 17.9. The Labute approximate surface area is 128 Å². The van der Waals surface area contributed by atoms with Crippen molar-refractivity contribution in [3.8, 4) is 5.75 Å². The molecule has 1 heterocycles. The van der Waals surface area contributed by atoms with Crippen molar-refractivity contribution < 1.29 is 14.2 Å². The molecule has 0 aliphatic rings. The van der Waals surface area contributed by atoms with E-state index in [1.54, 1.807) is 7.11 Å². The molecule has 5 heteroatoms. The van der Waals surface area contributed by atoms with Gasteiger partial charge in [0.15, 0.2) is 0 Å². The van der Waals surface area contributed by atoms with Gasteiger partial charge >= 0.3 is 0 Å². The highest BCUT2D eigenvalue weighted by Gasteiger charge is 2.12. The molecule has 0 aliphatic carbocycles. The van der Waals surface area contributed by atoms with Crippen molar-refractivity contribution in [3.63, 3.8) is 0 Å². The lowest BCUT2D eigenvalue weighted by atomic mass is 10.1. The molecule has 5 nitrogen and oxygen atoms in total. The topological polar surface area (TPSA) is 52.6 Å². The third-order valence-corrected chi connectivity index (χ3v) is 2.77. The molecule has 1 N–H and O–H groups in total. The van der Waals surface area contributed by atoms with Gasteiger partial charge in [-0.05, 0) is 39.8 Å². The average molecular weight is 296 g/mol. The minimum Gasteiger partial charge on any atom is -0.489 e. The second kappa shape index (κ2) is 8.97. The van der Waals surface area contributed by atoms with Crippen LogP contribution in [0.4, 0.5) is 0 Å². The summed E-state index contributed by atoms with van der Waals surface area (Å²) in [6.07, 6.45) is 0. The Morgan fingerprint density at radius 3 is 2.48 bits per heavy atom. The molecule has 0 saturated heterocycles. The number of hydrogen-bond acceptors (Lipinski definition) is 5. The summed E-state index contributed by atoms with van der Waals surface area (Å²) in [5.74, 6) is 0.813. The summed E-state index contributed by atoms with van der Waals surface area (Å²) in [5.41, 5.74) is 1.97. The van der Waals surface area contributed by atoms with Gasteiger partial charge in [-0.1, -0.05) is 0 Å².